The van der Waals surface area contributed by atoms with Crippen LogP contribution in [0.4, 0.5) is 10.2 Å². The number of carbonyl (C=O) groups is 1. The number of pyridine rings is 1. The van der Waals surface area contributed by atoms with Gasteiger partial charge in [-0.15, -0.1) is 16.4 Å². The summed E-state index contributed by atoms with van der Waals surface area (Å²) in [6, 6.07) is 6.48. The maximum Gasteiger partial charge on any atom is 0.262 e. The number of benzene rings is 1. The Hall–Kier alpha value is -3.17. The Morgan fingerprint density at radius 3 is 2.97 bits per heavy atom. The number of nitrogens with one attached hydrogen (secondary N) is 1. The third kappa shape index (κ3) is 4.02. The molecule has 1 aliphatic heterocycles. The summed E-state index contributed by atoms with van der Waals surface area (Å²) < 4.78 is 18.1. The van der Waals surface area contributed by atoms with Gasteiger partial charge >= 0.3 is 0 Å². The van der Waals surface area contributed by atoms with Crippen molar-refractivity contribution in [2.24, 2.45) is 0 Å². The van der Waals surface area contributed by atoms with Crippen LogP contribution in [0.25, 0.3) is 21.3 Å². The topological polar surface area (TPSA) is 75.9 Å². The first-order valence-corrected chi connectivity index (χ1v) is 12.0. The van der Waals surface area contributed by atoms with Crippen molar-refractivity contribution in [3.63, 3.8) is 0 Å². The van der Waals surface area contributed by atoms with Crippen molar-refractivity contribution in [1.29, 1.82) is 0 Å². The first kappa shape index (κ1) is 21.7. The number of fused-ring (bicyclic) bond motifs is 1. The summed E-state index contributed by atoms with van der Waals surface area (Å²) in [7, 11) is 0. The zero-order chi connectivity index (χ0) is 22.9. The quantitative estimate of drug-likeness (QED) is 0.473. The van der Waals surface area contributed by atoms with Crippen LogP contribution in [0, 0.1) is 12.7 Å². The van der Waals surface area contributed by atoms with E-state index in [0.717, 1.165) is 35.0 Å². The van der Waals surface area contributed by atoms with Crippen LogP contribution in [0.3, 0.4) is 0 Å². The molecule has 0 radical (unpaired) electrons. The smallest absolute Gasteiger partial charge is 0.262 e. The number of aryl methyl sites for hydroxylation is 2. The Morgan fingerprint density at radius 1 is 1.36 bits per heavy atom. The van der Waals surface area contributed by atoms with Gasteiger partial charge < -0.3 is 5.32 Å². The van der Waals surface area contributed by atoms with Gasteiger partial charge in [-0.25, -0.2) is 9.37 Å². The van der Waals surface area contributed by atoms with Crippen molar-refractivity contribution < 1.29 is 9.18 Å². The molecule has 1 aliphatic rings. The molecule has 9 heteroatoms. The molecular weight excluding hydrogens is 439 g/mol. The molecule has 1 fully saturated rings. The van der Waals surface area contributed by atoms with E-state index < -0.39 is 5.82 Å². The summed E-state index contributed by atoms with van der Waals surface area (Å²) in [5, 5.41) is 14.5. The fourth-order valence-electron chi connectivity index (χ4n) is 4.35. The number of anilines is 1. The number of piperidine rings is 1. The van der Waals surface area contributed by atoms with Gasteiger partial charge in [0.1, 0.15) is 17.3 Å². The van der Waals surface area contributed by atoms with Gasteiger partial charge in [0.2, 0.25) is 0 Å². The van der Waals surface area contributed by atoms with Crippen LogP contribution in [0.15, 0.2) is 42.0 Å². The summed E-state index contributed by atoms with van der Waals surface area (Å²) in [5.74, 6) is -0.360. The lowest BCUT2D eigenvalue weighted by Crippen LogP contribution is -2.49. The average molecular weight is 465 g/mol. The first-order chi connectivity index (χ1) is 16.1. The molecule has 1 N–H and O–H groups in total. The largest absolute Gasteiger partial charge is 0.315 e. The Kier molecular flexibility index (Phi) is 5.90. The molecule has 0 bridgehead atoms. The number of hydrogen-bond acceptors (Lipinski definition) is 6. The number of hydrogen-bond donors (Lipinski definition) is 1. The van der Waals surface area contributed by atoms with Crippen molar-refractivity contribution in [3.8, 4) is 11.3 Å². The highest BCUT2D eigenvalue weighted by molar-refractivity contribution is 7.17. The molecule has 1 atom stereocenters. The number of nitrogens with zero attached hydrogens (tertiary/aromatic N) is 5. The molecule has 170 valence electrons. The molecule has 4 heterocycles. The van der Waals surface area contributed by atoms with Crippen molar-refractivity contribution in [2.75, 3.05) is 18.0 Å². The second kappa shape index (κ2) is 8.99. The Bertz CT molecular complexity index is 1310. The van der Waals surface area contributed by atoms with Gasteiger partial charge in [0.25, 0.3) is 5.91 Å². The van der Waals surface area contributed by atoms with Crippen molar-refractivity contribution in [1.82, 2.24) is 25.3 Å². The van der Waals surface area contributed by atoms with Crippen LogP contribution in [0.5, 0.6) is 0 Å². The predicted octanol–water partition coefficient (Wildman–Crippen LogP) is 4.42. The van der Waals surface area contributed by atoms with E-state index in [0.29, 0.717) is 30.2 Å². The number of rotatable bonds is 5. The molecule has 0 aliphatic carbocycles. The van der Waals surface area contributed by atoms with Crippen molar-refractivity contribution >= 4 is 33.1 Å². The maximum atomic E-state index is 15.3. The SMILES string of the molecule is CCn1cc(-c2ccc(C(=O)N(c3nccc4scc(C)c34)[C@@H]3CCCNC3)c(F)c2)nn1. The summed E-state index contributed by atoms with van der Waals surface area (Å²) in [6.45, 7) is 6.21. The highest BCUT2D eigenvalue weighted by atomic mass is 32.1. The average Bonchev–Trinajstić information content (AvgIpc) is 3.47. The van der Waals surface area contributed by atoms with Crippen LogP contribution >= 0.6 is 11.3 Å². The van der Waals surface area contributed by atoms with Crippen molar-refractivity contribution in [3.05, 3.63) is 59.0 Å². The Labute approximate surface area is 195 Å². The molecule has 0 unspecified atom stereocenters. The molecule has 1 aromatic carbocycles. The van der Waals surface area contributed by atoms with Gasteiger partial charge in [-0.3, -0.25) is 14.4 Å². The van der Waals surface area contributed by atoms with Crippen molar-refractivity contribution in [2.45, 2.75) is 39.3 Å². The molecule has 0 spiro atoms. The maximum absolute atomic E-state index is 15.3. The van der Waals surface area contributed by atoms with E-state index in [2.05, 4.69) is 26.0 Å². The highest BCUT2D eigenvalue weighted by Crippen LogP contribution is 2.35. The molecule has 5 rings (SSSR count). The van der Waals surface area contributed by atoms with Gasteiger partial charge in [-0.05, 0) is 62.4 Å². The van der Waals surface area contributed by atoms with E-state index in [4.69, 9.17) is 0 Å². The zero-order valence-corrected chi connectivity index (χ0v) is 19.4. The molecular formula is C24H25FN6OS. The van der Waals surface area contributed by atoms with Gasteiger partial charge in [0, 0.05) is 34.9 Å². The lowest BCUT2D eigenvalue weighted by atomic mass is 10.0. The van der Waals surface area contributed by atoms with E-state index in [-0.39, 0.29) is 17.5 Å². The third-order valence-corrected chi connectivity index (χ3v) is 7.16. The number of halogens is 1. The number of thiophene rings is 1. The molecule has 1 saturated heterocycles. The lowest BCUT2D eigenvalue weighted by Gasteiger charge is -2.34. The van der Waals surface area contributed by atoms with Gasteiger partial charge in [-0.2, -0.15) is 0 Å². The fourth-order valence-corrected chi connectivity index (χ4v) is 5.28. The van der Waals surface area contributed by atoms with Crippen LogP contribution in [-0.4, -0.2) is 45.0 Å². The second-order valence-corrected chi connectivity index (χ2v) is 9.17. The van der Waals surface area contributed by atoms with Crippen LogP contribution in [0.1, 0.15) is 35.7 Å². The third-order valence-electron chi connectivity index (χ3n) is 6.09. The zero-order valence-electron chi connectivity index (χ0n) is 18.6. The monoisotopic (exact) mass is 464 g/mol. The van der Waals surface area contributed by atoms with E-state index in [1.807, 2.05) is 19.9 Å². The Balaban J connectivity index is 1.57. The normalized spacial score (nSPS) is 16.3. The fraction of sp³-hybridized carbons (Fsp3) is 0.333. The van der Waals surface area contributed by atoms with E-state index in [9.17, 15) is 4.79 Å². The van der Waals surface area contributed by atoms with E-state index in [1.165, 1.54) is 6.07 Å². The molecule has 3 aromatic heterocycles. The molecule has 7 nitrogen and oxygen atoms in total. The van der Waals surface area contributed by atoms with Gasteiger partial charge in [0.05, 0.1) is 17.8 Å². The molecule has 4 aromatic rings. The van der Waals surface area contributed by atoms with E-state index in [1.54, 1.807) is 45.4 Å². The highest BCUT2D eigenvalue weighted by Gasteiger charge is 2.32. The summed E-state index contributed by atoms with van der Waals surface area (Å²) >= 11 is 1.62. The minimum absolute atomic E-state index is 0.0268. The molecule has 0 saturated carbocycles. The molecule has 33 heavy (non-hydrogen) atoms. The number of amides is 1. The predicted molar refractivity (Wildman–Crippen MR) is 128 cm³/mol. The van der Waals surface area contributed by atoms with Crippen LogP contribution in [-0.2, 0) is 6.54 Å². The van der Waals surface area contributed by atoms with Gasteiger partial charge in [-0.1, -0.05) is 11.3 Å². The van der Waals surface area contributed by atoms with Crippen LogP contribution in [0.2, 0.25) is 0 Å². The number of aromatic nitrogens is 4. The Morgan fingerprint density at radius 2 is 2.24 bits per heavy atom. The summed E-state index contributed by atoms with van der Waals surface area (Å²) in [4.78, 5) is 20.1. The minimum atomic E-state index is -0.577. The van der Waals surface area contributed by atoms with E-state index >= 15 is 4.39 Å². The summed E-state index contributed by atoms with van der Waals surface area (Å²) in [6.07, 6.45) is 5.27. The summed E-state index contributed by atoms with van der Waals surface area (Å²) in [5.41, 5.74) is 2.25. The van der Waals surface area contributed by atoms with Gasteiger partial charge in [0.15, 0.2) is 0 Å². The van der Waals surface area contributed by atoms with Crippen LogP contribution < -0.4 is 10.2 Å². The molecule has 1 amide bonds. The lowest BCUT2D eigenvalue weighted by molar-refractivity contribution is 0.0968. The number of carbonyl (C=O) groups excluding carboxylic acids is 1. The minimum Gasteiger partial charge on any atom is -0.315 e. The first-order valence-electron chi connectivity index (χ1n) is 11.1. The standard InChI is InChI=1S/C24H25FN6OS/c1-3-30-13-20(28-29-30)16-6-7-18(19(25)11-16)24(32)31(17-5-4-9-26-12-17)23-22-15(2)14-33-21(22)8-10-27-23/h6-8,10-11,13-14,17,26H,3-5,9,12H2,1-2H3/t17-/m1/s1. The second-order valence-electron chi connectivity index (χ2n) is 8.26.